The summed E-state index contributed by atoms with van der Waals surface area (Å²) in [6, 6.07) is 0. The summed E-state index contributed by atoms with van der Waals surface area (Å²) in [4.78, 5) is 52.7. The fourth-order valence-corrected chi connectivity index (χ4v) is 7.12. The molecule has 0 radical (unpaired) electrons. The fraction of sp³-hybridized carbons (Fsp3) is 0.857. The van der Waals surface area contributed by atoms with E-state index in [2.05, 4.69) is 47.2 Å². The number of aliphatic hydroxyl groups is 1. The van der Waals surface area contributed by atoms with E-state index in [9.17, 15) is 28.7 Å². The van der Waals surface area contributed by atoms with Crippen LogP contribution in [-0.4, -0.2) is 70.4 Å². The molecule has 0 bridgehead atoms. The summed E-state index contributed by atoms with van der Waals surface area (Å²) in [7, 11) is -9.66. The van der Waals surface area contributed by atoms with E-state index in [1.807, 2.05) is 0 Å². The van der Waals surface area contributed by atoms with Crippen LogP contribution in [0, 0.1) is 0 Å². The van der Waals surface area contributed by atoms with Crippen LogP contribution in [0.25, 0.3) is 0 Å². The topological polar surface area (TPSA) is 195 Å². The number of ether oxygens (including phenoxy) is 2. The number of aliphatic hydroxyl groups excluding tert-OH is 1. The molecule has 0 rings (SSSR count). The van der Waals surface area contributed by atoms with Crippen LogP contribution in [0.4, 0.5) is 0 Å². The number of unbranched alkanes of at least 4 members (excludes halogenated alkanes) is 22. The minimum Gasteiger partial charge on any atom is -0.462 e. The molecular formula is C42H80O13P2. The van der Waals surface area contributed by atoms with Crippen molar-refractivity contribution in [3.05, 3.63) is 24.3 Å². The number of phosphoric ester groups is 2. The molecule has 0 amide bonds. The molecule has 13 nitrogen and oxygen atoms in total. The average Bonchev–Trinajstić information content (AvgIpc) is 3.17. The van der Waals surface area contributed by atoms with E-state index in [4.69, 9.17) is 23.8 Å². The molecular weight excluding hydrogens is 774 g/mol. The van der Waals surface area contributed by atoms with Crippen molar-refractivity contribution < 1.29 is 61.6 Å². The second-order valence-corrected chi connectivity index (χ2v) is 17.7. The normalized spacial score (nSPS) is 14.3. The molecule has 0 saturated heterocycles. The molecule has 0 aromatic rings. The van der Waals surface area contributed by atoms with Crippen LogP contribution in [0.15, 0.2) is 24.3 Å². The minimum absolute atomic E-state index is 0.133. The van der Waals surface area contributed by atoms with Gasteiger partial charge < -0.3 is 29.3 Å². The highest BCUT2D eigenvalue weighted by Gasteiger charge is 2.28. The van der Waals surface area contributed by atoms with Crippen LogP contribution in [0.3, 0.4) is 0 Å². The predicted molar refractivity (Wildman–Crippen MR) is 225 cm³/mol. The van der Waals surface area contributed by atoms with E-state index in [0.717, 1.165) is 64.2 Å². The van der Waals surface area contributed by atoms with Crippen molar-refractivity contribution in [3.63, 3.8) is 0 Å². The smallest absolute Gasteiger partial charge is 0.462 e. The SMILES string of the molecule is CCCCCC=CCC=CCCCCCCCC(=O)OCC(COP(=O)(O)OCC(O)COP(=O)(O)O)OC(=O)CCCCCCCCCCCCCCCCC. The van der Waals surface area contributed by atoms with Crippen molar-refractivity contribution in [2.24, 2.45) is 0 Å². The fourth-order valence-electron chi connectivity index (χ4n) is 5.97. The molecule has 0 aromatic carbocycles. The Labute approximate surface area is 344 Å². The van der Waals surface area contributed by atoms with Crippen molar-refractivity contribution in [2.45, 2.75) is 206 Å². The Morgan fingerprint density at radius 1 is 0.509 bits per heavy atom. The summed E-state index contributed by atoms with van der Waals surface area (Å²) in [5, 5.41) is 9.74. The molecule has 3 atom stereocenters. The molecule has 0 spiro atoms. The molecule has 57 heavy (non-hydrogen) atoms. The first-order valence-electron chi connectivity index (χ1n) is 22.0. The van der Waals surface area contributed by atoms with Crippen molar-refractivity contribution in [2.75, 3.05) is 26.4 Å². The number of allylic oxidation sites excluding steroid dienone is 4. The molecule has 0 aromatic heterocycles. The van der Waals surface area contributed by atoms with Gasteiger partial charge in [0.1, 0.15) is 12.7 Å². The van der Waals surface area contributed by atoms with Crippen molar-refractivity contribution >= 4 is 27.6 Å². The Morgan fingerprint density at radius 2 is 0.912 bits per heavy atom. The number of rotatable bonds is 42. The summed E-state index contributed by atoms with van der Waals surface area (Å²) < 4.78 is 47.8. The standard InChI is InChI=1S/C42H80O13P2/c1-3-5-7-9-11-13-15-17-19-21-23-25-27-29-31-33-41(44)51-37-40(38-54-57(49,50)53-36-39(43)35-52-56(46,47)48)55-42(45)34-32-30-28-26-24-22-20-18-16-14-12-10-8-6-4-2/h11,13,17,19,39-40,43H,3-10,12,14-16,18,20-38H2,1-2H3,(H,49,50)(H2,46,47,48). The number of carbonyl (C=O) groups excluding carboxylic acids is 2. The number of phosphoric acid groups is 2. The van der Waals surface area contributed by atoms with Crippen LogP contribution in [0.1, 0.15) is 194 Å². The first-order chi connectivity index (χ1) is 27.4. The number of esters is 2. The van der Waals surface area contributed by atoms with Gasteiger partial charge in [0.2, 0.25) is 0 Å². The van der Waals surface area contributed by atoms with Gasteiger partial charge in [0, 0.05) is 12.8 Å². The molecule has 4 N–H and O–H groups in total. The Hall–Kier alpha value is -1.40. The van der Waals surface area contributed by atoms with Gasteiger partial charge in [-0.1, -0.05) is 160 Å². The van der Waals surface area contributed by atoms with Crippen molar-refractivity contribution in [1.82, 2.24) is 0 Å². The quantitative estimate of drug-likeness (QED) is 0.0196. The molecule has 336 valence electrons. The summed E-state index contributed by atoms with van der Waals surface area (Å²) in [6.45, 7) is 1.74. The third kappa shape index (κ3) is 42.5. The maximum atomic E-state index is 12.7. The molecule has 0 aliphatic rings. The second-order valence-electron chi connectivity index (χ2n) is 15.0. The lowest BCUT2D eigenvalue weighted by Gasteiger charge is -2.20. The Balaban J connectivity index is 4.51. The van der Waals surface area contributed by atoms with E-state index in [1.54, 1.807) is 0 Å². The van der Waals surface area contributed by atoms with E-state index in [0.29, 0.717) is 12.8 Å². The highest BCUT2D eigenvalue weighted by molar-refractivity contribution is 7.47. The van der Waals surface area contributed by atoms with E-state index in [-0.39, 0.29) is 19.4 Å². The van der Waals surface area contributed by atoms with Gasteiger partial charge in [0.25, 0.3) is 0 Å². The lowest BCUT2D eigenvalue weighted by atomic mass is 10.0. The minimum atomic E-state index is -4.86. The van der Waals surface area contributed by atoms with Gasteiger partial charge in [-0.2, -0.15) is 0 Å². The van der Waals surface area contributed by atoms with Gasteiger partial charge in [-0.25, -0.2) is 9.13 Å². The molecule has 0 aliphatic carbocycles. The zero-order valence-corrected chi connectivity index (χ0v) is 37.2. The van der Waals surface area contributed by atoms with Crippen LogP contribution in [0.5, 0.6) is 0 Å². The van der Waals surface area contributed by atoms with E-state index >= 15 is 0 Å². The summed E-state index contributed by atoms with van der Waals surface area (Å²) in [5.41, 5.74) is 0. The van der Waals surface area contributed by atoms with Gasteiger partial charge in [-0.05, 0) is 44.9 Å². The molecule has 0 aliphatic heterocycles. The van der Waals surface area contributed by atoms with Crippen molar-refractivity contribution in [3.8, 4) is 0 Å². The van der Waals surface area contributed by atoms with Gasteiger partial charge in [0.15, 0.2) is 6.10 Å². The van der Waals surface area contributed by atoms with Gasteiger partial charge in [-0.15, -0.1) is 0 Å². The third-order valence-corrected chi connectivity index (χ3v) is 10.8. The summed E-state index contributed by atoms with van der Waals surface area (Å²) >= 11 is 0. The van der Waals surface area contributed by atoms with Crippen LogP contribution in [-0.2, 0) is 41.8 Å². The lowest BCUT2D eigenvalue weighted by Crippen LogP contribution is -2.30. The van der Waals surface area contributed by atoms with Crippen molar-refractivity contribution in [1.29, 1.82) is 0 Å². The molecule has 0 heterocycles. The Kier molecular flexibility index (Phi) is 37.8. The highest BCUT2D eigenvalue weighted by atomic mass is 31.2. The third-order valence-electron chi connectivity index (χ3n) is 9.33. The lowest BCUT2D eigenvalue weighted by molar-refractivity contribution is -0.161. The van der Waals surface area contributed by atoms with Gasteiger partial charge in [-0.3, -0.25) is 23.2 Å². The Morgan fingerprint density at radius 3 is 1.42 bits per heavy atom. The maximum Gasteiger partial charge on any atom is 0.472 e. The second kappa shape index (κ2) is 38.8. The molecule has 3 unspecified atom stereocenters. The first-order valence-corrected chi connectivity index (χ1v) is 25.1. The zero-order chi connectivity index (χ0) is 42.3. The number of hydrogen-bond donors (Lipinski definition) is 4. The van der Waals surface area contributed by atoms with Crippen LogP contribution in [0.2, 0.25) is 0 Å². The highest BCUT2D eigenvalue weighted by Crippen LogP contribution is 2.43. The summed E-state index contributed by atoms with van der Waals surface area (Å²) in [5.74, 6) is -1.04. The van der Waals surface area contributed by atoms with Crippen LogP contribution >= 0.6 is 15.6 Å². The van der Waals surface area contributed by atoms with E-state index < -0.39 is 59.6 Å². The molecule has 15 heteroatoms. The predicted octanol–water partition coefficient (Wildman–Crippen LogP) is 11.1. The average molecular weight is 855 g/mol. The number of hydrogen-bond acceptors (Lipinski definition) is 10. The molecule has 0 fully saturated rings. The Bertz CT molecular complexity index is 1110. The number of carbonyl (C=O) groups is 2. The van der Waals surface area contributed by atoms with Gasteiger partial charge >= 0.3 is 27.6 Å². The largest absolute Gasteiger partial charge is 0.472 e. The maximum absolute atomic E-state index is 12.7. The van der Waals surface area contributed by atoms with Crippen LogP contribution < -0.4 is 0 Å². The molecule has 0 saturated carbocycles. The summed E-state index contributed by atoms with van der Waals surface area (Å²) in [6.07, 6.45) is 35.9. The van der Waals surface area contributed by atoms with E-state index in [1.165, 1.54) is 89.9 Å². The monoisotopic (exact) mass is 855 g/mol. The zero-order valence-electron chi connectivity index (χ0n) is 35.4. The first kappa shape index (κ1) is 55.6. The van der Waals surface area contributed by atoms with Gasteiger partial charge in [0.05, 0.1) is 19.8 Å².